The van der Waals surface area contributed by atoms with Crippen LogP contribution in [0.4, 0.5) is 5.13 Å². The monoisotopic (exact) mass is 482 g/mol. The summed E-state index contributed by atoms with van der Waals surface area (Å²) in [6.07, 6.45) is 5.93. The number of sulfone groups is 1. The Bertz CT molecular complexity index is 1350. The van der Waals surface area contributed by atoms with Gasteiger partial charge < -0.3 is 4.57 Å². The van der Waals surface area contributed by atoms with Crippen LogP contribution in [0.1, 0.15) is 24.0 Å². The molecule has 2 aromatic heterocycles. The van der Waals surface area contributed by atoms with Gasteiger partial charge in [0.15, 0.2) is 15.0 Å². The maximum Gasteiger partial charge on any atom is 0.229 e. The van der Waals surface area contributed by atoms with E-state index in [9.17, 15) is 13.2 Å². The molecule has 1 amide bonds. The van der Waals surface area contributed by atoms with Crippen LogP contribution in [-0.4, -0.2) is 41.2 Å². The number of hydrogen-bond donors (Lipinski definition) is 0. The van der Waals surface area contributed by atoms with E-state index in [0.29, 0.717) is 24.6 Å². The van der Waals surface area contributed by atoms with Crippen LogP contribution in [0.2, 0.25) is 0 Å². The second kappa shape index (κ2) is 9.84. The van der Waals surface area contributed by atoms with Crippen molar-refractivity contribution >= 4 is 42.4 Å². The van der Waals surface area contributed by atoms with Crippen LogP contribution in [0.3, 0.4) is 0 Å². The van der Waals surface area contributed by atoms with E-state index in [1.54, 1.807) is 47.8 Å². The number of rotatable bonds is 9. The average molecular weight is 483 g/mol. The van der Waals surface area contributed by atoms with Gasteiger partial charge in [-0.15, -0.1) is 0 Å². The van der Waals surface area contributed by atoms with Crippen molar-refractivity contribution in [3.63, 3.8) is 0 Å². The lowest BCUT2D eigenvalue weighted by molar-refractivity contribution is -0.118. The second-order valence-electron chi connectivity index (χ2n) is 7.93. The van der Waals surface area contributed by atoms with Crippen molar-refractivity contribution in [1.82, 2.24) is 14.5 Å². The Morgan fingerprint density at radius 1 is 1.12 bits per heavy atom. The molecule has 0 aliphatic rings. The first-order chi connectivity index (χ1) is 15.8. The fourth-order valence-corrected chi connectivity index (χ4v) is 5.91. The molecule has 4 aromatic rings. The number of aromatic nitrogens is 3. The van der Waals surface area contributed by atoms with E-state index in [2.05, 4.69) is 11.1 Å². The van der Waals surface area contributed by atoms with Gasteiger partial charge in [-0.1, -0.05) is 35.6 Å². The Morgan fingerprint density at radius 2 is 1.91 bits per heavy atom. The molecule has 0 aliphatic heterocycles. The summed E-state index contributed by atoms with van der Waals surface area (Å²) in [5, 5.41) is 0.603. The molecule has 0 unspecified atom stereocenters. The Hall–Kier alpha value is -3.04. The molecular formula is C24H26N4O3S2. The standard InChI is InChI=1S/C24H26N4O3S2/c1-18-9-10-21-23(19(18)2)26-24(32-21)28(14-6-13-27-15-12-25-17-27)22(29)11-16-33(30,31)20-7-4-3-5-8-20/h3-5,7-10,12,15,17H,6,11,13-14,16H2,1-2H3. The van der Waals surface area contributed by atoms with Crippen LogP contribution in [0.5, 0.6) is 0 Å². The largest absolute Gasteiger partial charge is 0.337 e. The number of benzene rings is 2. The van der Waals surface area contributed by atoms with Gasteiger partial charge in [-0.3, -0.25) is 9.69 Å². The topological polar surface area (TPSA) is 85.2 Å². The van der Waals surface area contributed by atoms with Crippen molar-refractivity contribution in [2.24, 2.45) is 0 Å². The van der Waals surface area contributed by atoms with Gasteiger partial charge in [0, 0.05) is 31.9 Å². The van der Waals surface area contributed by atoms with Crippen molar-refractivity contribution in [2.75, 3.05) is 17.2 Å². The summed E-state index contributed by atoms with van der Waals surface area (Å²) in [4.78, 5) is 23.9. The summed E-state index contributed by atoms with van der Waals surface area (Å²) in [5.41, 5.74) is 3.12. The molecule has 2 heterocycles. The number of amides is 1. The third kappa shape index (κ3) is 5.31. The number of anilines is 1. The Balaban J connectivity index is 1.55. The predicted molar refractivity (Wildman–Crippen MR) is 131 cm³/mol. The Labute approximate surface area is 197 Å². The van der Waals surface area contributed by atoms with Crippen molar-refractivity contribution in [3.05, 3.63) is 72.3 Å². The van der Waals surface area contributed by atoms with E-state index in [0.717, 1.165) is 21.3 Å². The number of carbonyl (C=O) groups is 1. The van der Waals surface area contributed by atoms with Crippen LogP contribution >= 0.6 is 11.3 Å². The molecule has 4 rings (SSSR count). The molecule has 2 aromatic carbocycles. The zero-order valence-electron chi connectivity index (χ0n) is 18.6. The molecule has 0 aliphatic carbocycles. The Kier molecular flexibility index (Phi) is 6.90. The summed E-state index contributed by atoms with van der Waals surface area (Å²) < 4.78 is 28.4. The van der Waals surface area contributed by atoms with Gasteiger partial charge >= 0.3 is 0 Å². The molecule has 0 N–H and O–H groups in total. The number of thiazole rings is 1. The van der Waals surface area contributed by atoms with Crippen LogP contribution in [0.15, 0.2) is 66.1 Å². The number of imidazole rings is 1. The first kappa shape index (κ1) is 23.1. The maximum absolute atomic E-state index is 13.3. The first-order valence-corrected chi connectivity index (χ1v) is 13.2. The van der Waals surface area contributed by atoms with Crippen LogP contribution in [-0.2, 0) is 21.2 Å². The highest BCUT2D eigenvalue weighted by Gasteiger charge is 2.23. The lowest BCUT2D eigenvalue weighted by Gasteiger charge is -2.20. The molecule has 7 nitrogen and oxygen atoms in total. The summed E-state index contributed by atoms with van der Waals surface area (Å²) in [7, 11) is -3.54. The van der Waals surface area contributed by atoms with Crippen molar-refractivity contribution in [1.29, 1.82) is 0 Å². The average Bonchev–Trinajstić information content (AvgIpc) is 3.49. The smallest absolute Gasteiger partial charge is 0.229 e. The van der Waals surface area contributed by atoms with E-state index in [-0.39, 0.29) is 23.0 Å². The zero-order chi connectivity index (χ0) is 23.4. The lowest BCUT2D eigenvalue weighted by atomic mass is 10.1. The fraction of sp³-hybridized carbons (Fsp3) is 0.292. The molecule has 0 saturated heterocycles. The van der Waals surface area contributed by atoms with Crippen LogP contribution in [0.25, 0.3) is 10.2 Å². The molecule has 0 saturated carbocycles. The van der Waals surface area contributed by atoms with Gasteiger partial charge in [0.25, 0.3) is 0 Å². The molecule has 33 heavy (non-hydrogen) atoms. The van der Waals surface area contributed by atoms with Gasteiger partial charge in [-0.05, 0) is 49.6 Å². The van der Waals surface area contributed by atoms with E-state index in [1.807, 2.05) is 30.7 Å². The van der Waals surface area contributed by atoms with E-state index in [1.165, 1.54) is 11.3 Å². The van der Waals surface area contributed by atoms with E-state index < -0.39 is 9.84 Å². The molecule has 0 radical (unpaired) electrons. The first-order valence-electron chi connectivity index (χ1n) is 10.8. The molecule has 0 bridgehead atoms. The molecule has 172 valence electrons. The predicted octanol–water partition coefficient (Wildman–Crippen LogP) is 4.40. The minimum Gasteiger partial charge on any atom is -0.337 e. The van der Waals surface area contributed by atoms with Gasteiger partial charge in [0.1, 0.15) is 0 Å². The number of nitrogens with zero attached hydrogens (tertiary/aromatic N) is 4. The molecular weight excluding hydrogens is 456 g/mol. The summed E-state index contributed by atoms with van der Waals surface area (Å²) >= 11 is 1.46. The van der Waals surface area contributed by atoms with Crippen LogP contribution < -0.4 is 4.90 Å². The number of aryl methyl sites for hydroxylation is 3. The fourth-order valence-electron chi connectivity index (χ4n) is 3.59. The van der Waals surface area contributed by atoms with Gasteiger partial charge in [-0.2, -0.15) is 0 Å². The highest BCUT2D eigenvalue weighted by atomic mass is 32.2. The van der Waals surface area contributed by atoms with Gasteiger partial charge in [-0.25, -0.2) is 18.4 Å². The van der Waals surface area contributed by atoms with E-state index in [4.69, 9.17) is 4.98 Å². The summed E-state index contributed by atoms with van der Waals surface area (Å²) in [6, 6.07) is 12.3. The molecule has 0 atom stereocenters. The van der Waals surface area contributed by atoms with Crippen molar-refractivity contribution < 1.29 is 13.2 Å². The maximum atomic E-state index is 13.3. The summed E-state index contributed by atoms with van der Waals surface area (Å²) in [5.74, 6) is -0.481. The highest BCUT2D eigenvalue weighted by molar-refractivity contribution is 7.91. The third-order valence-corrected chi connectivity index (χ3v) is 8.43. The third-order valence-electron chi connectivity index (χ3n) is 5.65. The van der Waals surface area contributed by atoms with Crippen molar-refractivity contribution in [3.8, 4) is 0 Å². The molecule has 0 spiro atoms. The SMILES string of the molecule is Cc1ccc2sc(N(CCCn3ccnc3)C(=O)CCS(=O)(=O)c3ccccc3)nc2c1C. The summed E-state index contributed by atoms with van der Waals surface area (Å²) in [6.45, 7) is 5.21. The Morgan fingerprint density at radius 3 is 2.64 bits per heavy atom. The molecule has 0 fully saturated rings. The quantitative estimate of drug-likeness (QED) is 0.353. The van der Waals surface area contributed by atoms with Crippen LogP contribution in [0, 0.1) is 13.8 Å². The van der Waals surface area contributed by atoms with E-state index >= 15 is 0 Å². The highest BCUT2D eigenvalue weighted by Crippen LogP contribution is 2.32. The second-order valence-corrected chi connectivity index (χ2v) is 11.1. The number of carbonyl (C=O) groups excluding carboxylic acids is 1. The lowest BCUT2D eigenvalue weighted by Crippen LogP contribution is -2.33. The minimum absolute atomic E-state index is 0.101. The minimum atomic E-state index is -3.54. The zero-order valence-corrected chi connectivity index (χ0v) is 20.3. The number of hydrogen-bond acceptors (Lipinski definition) is 6. The van der Waals surface area contributed by atoms with Gasteiger partial charge in [0.05, 0.1) is 27.2 Å². The number of fused-ring (bicyclic) bond motifs is 1. The van der Waals surface area contributed by atoms with Gasteiger partial charge in [0.2, 0.25) is 5.91 Å². The van der Waals surface area contributed by atoms with Crippen molar-refractivity contribution in [2.45, 2.75) is 38.1 Å². The molecule has 9 heteroatoms. The normalized spacial score (nSPS) is 11.7.